The summed E-state index contributed by atoms with van der Waals surface area (Å²) in [5.74, 6) is -1.66. The number of amides is 1. The van der Waals surface area contributed by atoms with Gasteiger partial charge in [-0.25, -0.2) is 9.37 Å². The summed E-state index contributed by atoms with van der Waals surface area (Å²) >= 11 is 0. The molecule has 1 aliphatic rings. The number of hydrogen-bond donors (Lipinski definition) is 2. The molecule has 0 bridgehead atoms. The van der Waals surface area contributed by atoms with Crippen LogP contribution >= 0.6 is 0 Å². The van der Waals surface area contributed by atoms with E-state index in [1.165, 1.54) is 29.2 Å². The topological polar surface area (TPSA) is 95.5 Å². The minimum atomic E-state index is -1.01. The Morgan fingerprint density at radius 3 is 2.56 bits per heavy atom. The van der Waals surface area contributed by atoms with E-state index >= 15 is 0 Å². The number of rotatable bonds is 6. The number of imidazole rings is 1. The molecule has 1 atom stereocenters. The van der Waals surface area contributed by atoms with E-state index in [9.17, 15) is 19.1 Å². The second-order valence-corrected chi connectivity index (χ2v) is 8.63. The number of carbonyl (C=O) groups excluding carboxylic acids is 2. The molecular weight excluding hydrogens is 461 g/mol. The van der Waals surface area contributed by atoms with Gasteiger partial charge in [0.05, 0.1) is 29.3 Å². The minimum Gasteiger partial charge on any atom is -0.507 e. The Morgan fingerprint density at radius 2 is 1.86 bits per heavy atom. The first kappa shape index (κ1) is 23.3. The van der Waals surface area contributed by atoms with Crippen molar-refractivity contribution in [1.29, 1.82) is 0 Å². The van der Waals surface area contributed by atoms with Crippen LogP contribution in [0.2, 0.25) is 0 Å². The molecule has 1 aromatic heterocycles. The van der Waals surface area contributed by atoms with E-state index < -0.39 is 23.5 Å². The number of aromatic amines is 1. The Balaban J connectivity index is 1.66. The lowest BCUT2D eigenvalue weighted by atomic mass is 9.95. The highest BCUT2D eigenvalue weighted by Gasteiger charge is 2.48. The molecule has 8 heteroatoms. The monoisotopic (exact) mass is 485 g/mol. The van der Waals surface area contributed by atoms with Gasteiger partial charge >= 0.3 is 5.91 Å². The van der Waals surface area contributed by atoms with Crippen LogP contribution < -0.4 is 9.64 Å². The summed E-state index contributed by atoms with van der Waals surface area (Å²) in [6.45, 7) is 4.40. The maximum atomic E-state index is 13.7. The molecule has 0 spiro atoms. The lowest BCUT2D eigenvalue weighted by Crippen LogP contribution is -2.30. The average Bonchev–Trinajstić information content (AvgIpc) is 3.41. The van der Waals surface area contributed by atoms with Gasteiger partial charge in [-0.2, -0.15) is 0 Å². The van der Waals surface area contributed by atoms with E-state index in [-0.39, 0.29) is 17.3 Å². The molecule has 5 rings (SSSR count). The highest BCUT2D eigenvalue weighted by molar-refractivity contribution is 6.51. The molecule has 1 aliphatic heterocycles. The van der Waals surface area contributed by atoms with Crippen molar-refractivity contribution in [3.8, 4) is 5.75 Å². The van der Waals surface area contributed by atoms with Crippen LogP contribution in [-0.4, -0.2) is 33.4 Å². The lowest BCUT2D eigenvalue weighted by Gasteiger charge is -2.23. The van der Waals surface area contributed by atoms with Crippen molar-refractivity contribution < 1.29 is 23.8 Å². The second-order valence-electron chi connectivity index (χ2n) is 8.63. The smallest absolute Gasteiger partial charge is 0.302 e. The van der Waals surface area contributed by atoms with E-state index in [4.69, 9.17) is 4.74 Å². The fourth-order valence-electron chi connectivity index (χ4n) is 4.39. The molecule has 1 fully saturated rings. The van der Waals surface area contributed by atoms with E-state index in [0.717, 1.165) is 12.0 Å². The van der Waals surface area contributed by atoms with Crippen molar-refractivity contribution >= 4 is 34.4 Å². The van der Waals surface area contributed by atoms with Gasteiger partial charge in [-0.15, -0.1) is 0 Å². The number of anilines is 1. The first-order chi connectivity index (χ1) is 17.4. The Labute approximate surface area is 206 Å². The van der Waals surface area contributed by atoms with Crippen molar-refractivity contribution in [2.75, 3.05) is 11.5 Å². The molecule has 1 unspecified atom stereocenters. The van der Waals surface area contributed by atoms with E-state index in [0.29, 0.717) is 34.5 Å². The normalized spacial score (nSPS) is 17.2. The van der Waals surface area contributed by atoms with Gasteiger partial charge in [0.25, 0.3) is 5.78 Å². The van der Waals surface area contributed by atoms with Crippen molar-refractivity contribution in [2.45, 2.75) is 26.3 Å². The summed E-state index contributed by atoms with van der Waals surface area (Å²) in [4.78, 5) is 35.4. The number of benzene rings is 3. The maximum absolute atomic E-state index is 13.7. The Morgan fingerprint density at radius 1 is 1.11 bits per heavy atom. The Kier molecular flexibility index (Phi) is 6.01. The number of aromatic nitrogens is 2. The molecule has 36 heavy (non-hydrogen) atoms. The van der Waals surface area contributed by atoms with Gasteiger partial charge in [0.15, 0.2) is 0 Å². The SMILES string of the molecule is CCCOc1ccc(/C(O)=C2\C(=O)C(=O)N(c3nc4ccccc4[nH]3)C2c2ccc(F)cc2)cc1C. The van der Waals surface area contributed by atoms with Gasteiger partial charge in [-0.05, 0) is 66.9 Å². The Hall–Kier alpha value is -4.46. The molecule has 1 amide bonds. The maximum Gasteiger partial charge on any atom is 0.302 e. The van der Waals surface area contributed by atoms with Gasteiger partial charge in [0.1, 0.15) is 17.3 Å². The highest BCUT2D eigenvalue weighted by Crippen LogP contribution is 2.42. The van der Waals surface area contributed by atoms with Gasteiger partial charge in [-0.3, -0.25) is 14.5 Å². The van der Waals surface area contributed by atoms with Gasteiger partial charge in [0.2, 0.25) is 5.95 Å². The third kappa shape index (κ3) is 4.00. The van der Waals surface area contributed by atoms with Crippen LogP contribution in [0.1, 0.15) is 36.1 Å². The quantitative estimate of drug-likeness (QED) is 0.216. The number of hydrogen-bond acceptors (Lipinski definition) is 5. The number of H-pyrrole nitrogens is 1. The van der Waals surface area contributed by atoms with Crippen molar-refractivity contribution in [3.63, 3.8) is 0 Å². The number of para-hydroxylation sites is 2. The third-order valence-electron chi connectivity index (χ3n) is 6.15. The van der Waals surface area contributed by atoms with Crippen molar-refractivity contribution in [1.82, 2.24) is 9.97 Å². The number of fused-ring (bicyclic) bond motifs is 1. The third-order valence-corrected chi connectivity index (χ3v) is 6.15. The summed E-state index contributed by atoms with van der Waals surface area (Å²) < 4.78 is 19.5. The fourth-order valence-corrected chi connectivity index (χ4v) is 4.39. The number of carbonyl (C=O) groups is 2. The van der Waals surface area contributed by atoms with Crippen molar-refractivity contribution in [2.24, 2.45) is 0 Å². The predicted octanol–water partition coefficient (Wildman–Crippen LogP) is 5.43. The molecule has 0 radical (unpaired) electrons. The molecule has 4 aromatic rings. The van der Waals surface area contributed by atoms with Crippen LogP contribution in [0.5, 0.6) is 5.75 Å². The van der Waals surface area contributed by atoms with Crippen LogP contribution in [0.25, 0.3) is 16.8 Å². The molecule has 0 saturated carbocycles. The van der Waals surface area contributed by atoms with E-state index in [1.807, 2.05) is 26.0 Å². The van der Waals surface area contributed by atoms with Crippen LogP contribution in [0, 0.1) is 12.7 Å². The number of halogens is 1. The van der Waals surface area contributed by atoms with Gasteiger partial charge < -0.3 is 14.8 Å². The van der Waals surface area contributed by atoms with Crippen LogP contribution in [-0.2, 0) is 9.59 Å². The van der Waals surface area contributed by atoms with Crippen LogP contribution in [0.3, 0.4) is 0 Å². The molecule has 2 heterocycles. The number of ether oxygens (including phenoxy) is 1. The number of nitrogens with one attached hydrogen (secondary N) is 1. The highest BCUT2D eigenvalue weighted by atomic mass is 19.1. The number of aliphatic hydroxyl groups is 1. The molecule has 7 nitrogen and oxygen atoms in total. The summed E-state index contributed by atoms with van der Waals surface area (Å²) in [6.07, 6.45) is 0.851. The standard InChI is InChI=1S/C28H24FN3O4/c1-3-14-36-22-13-10-18(15-16(22)2)25(33)23-24(17-8-11-19(29)12-9-17)32(27(35)26(23)34)28-30-20-6-4-5-7-21(20)31-28/h4-13,15,24,33H,3,14H2,1-2H3,(H,30,31)/b25-23+. The number of nitrogens with zero attached hydrogens (tertiary/aromatic N) is 2. The zero-order valence-electron chi connectivity index (χ0n) is 19.8. The van der Waals surface area contributed by atoms with Gasteiger partial charge in [-0.1, -0.05) is 31.2 Å². The average molecular weight is 486 g/mol. The molecule has 3 aromatic carbocycles. The van der Waals surface area contributed by atoms with Gasteiger partial charge in [0, 0.05) is 5.56 Å². The predicted molar refractivity (Wildman–Crippen MR) is 134 cm³/mol. The largest absolute Gasteiger partial charge is 0.507 e. The summed E-state index contributed by atoms with van der Waals surface area (Å²) in [7, 11) is 0. The Bertz CT molecular complexity index is 1470. The number of aryl methyl sites for hydroxylation is 1. The summed E-state index contributed by atoms with van der Waals surface area (Å²) in [5, 5.41) is 11.3. The minimum absolute atomic E-state index is 0.103. The lowest BCUT2D eigenvalue weighted by molar-refractivity contribution is -0.132. The van der Waals surface area contributed by atoms with E-state index in [1.54, 1.807) is 30.3 Å². The van der Waals surface area contributed by atoms with Crippen LogP contribution in [0.15, 0.2) is 72.3 Å². The summed E-state index contributed by atoms with van der Waals surface area (Å²) in [5.41, 5.74) is 2.80. The summed E-state index contributed by atoms with van der Waals surface area (Å²) in [6, 6.07) is 16.8. The first-order valence-electron chi connectivity index (χ1n) is 11.6. The molecular formula is C28H24FN3O4. The zero-order valence-corrected chi connectivity index (χ0v) is 19.8. The number of ketones is 1. The molecule has 182 valence electrons. The molecule has 2 N–H and O–H groups in total. The second kappa shape index (κ2) is 9.30. The number of Topliss-reactive ketones (excluding diaryl/α,β-unsaturated/α-hetero) is 1. The van der Waals surface area contributed by atoms with Crippen LogP contribution in [0.4, 0.5) is 10.3 Å². The zero-order chi connectivity index (χ0) is 25.4. The van der Waals surface area contributed by atoms with Crippen molar-refractivity contribution in [3.05, 3.63) is 94.8 Å². The number of aliphatic hydroxyl groups excluding tert-OH is 1. The fraction of sp³-hybridized carbons (Fsp3) is 0.179. The molecule has 0 aliphatic carbocycles. The molecule has 1 saturated heterocycles. The first-order valence-corrected chi connectivity index (χ1v) is 11.6. The van der Waals surface area contributed by atoms with E-state index in [2.05, 4.69) is 9.97 Å².